The van der Waals surface area contributed by atoms with Crippen LogP contribution in [-0.4, -0.2) is 30.3 Å². The number of rotatable bonds is 7. The minimum absolute atomic E-state index is 0.0000980. The van der Waals surface area contributed by atoms with Crippen molar-refractivity contribution < 1.29 is 9.59 Å². The second-order valence-electron chi connectivity index (χ2n) is 5.79. The van der Waals surface area contributed by atoms with Crippen LogP contribution in [0.3, 0.4) is 0 Å². The first-order valence-corrected chi connectivity index (χ1v) is 8.09. The molecule has 1 N–H and O–H groups in total. The molecule has 1 aromatic carbocycles. The Morgan fingerprint density at radius 2 is 1.83 bits per heavy atom. The first kappa shape index (κ1) is 17.7. The summed E-state index contributed by atoms with van der Waals surface area (Å²) in [5, 5.41) is 2.82. The number of Topliss-reactive ketones (excluding diaryl/α,β-unsaturated/α-hetero) is 1. The molecule has 0 fully saturated rings. The van der Waals surface area contributed by atoms with Crippen molar-refractivity contribution in [2.24, 2.45) is 0 Å². The van der Waals surface area contributed by atoms with Crippen LogP contribution in [0, 0.1) is 0 Å². The summed E-state index contributed by atoms with van der Waals surface area (Å²) in [6.45, 7) is 4.59. The van der Waals surface area contributed by atoms with E-state index in [0.29, 0.717) is 16.8 Å². The molecule has 2 aromatic rings. The molecule has 126 valence electrons. The zero-order valence-electron chi connectivity index (χ0n) is 14.4. The Balaban J connectivity index is 2.08. The van der Waals surface area contributed by atoms with E-state index < -0.39 is 0 Å². The summed E-state index contributed by atoms with van der Waals surface area (Å²) in [6.07, 6.45) is 5.52. The summed E-state index contributed by atoms with van der Waals surface area (Å²) in [7, 11) is 1.99. The number of unbranched alkanes of at least 4 members (excludes halogenated alkanes) is 1. The molecule has 0 atom stereocenters. The lowest BCUT2D eigenvalue weighted by Crippen LogP contribution is -2.19. The standard InChI is InChI=1S/C19H23N3O2/c1-4-5-10-22(3)18-11-16(12-20-13-18)19(24)21-17-8-6-15(7-9-17)14(2)23/h6-9,11-13H,4-5,10H2,1-3H3,(H,21,24). The van der Waals surface area contributed by atoms with Crippen molar-refractivity contribution >= 4 is 23.1 Å². The molecule has 0 saturated heterocycles. The maximum atomic E-state index is 12.4. The van der Waals surface area contributed by atoms with Crippen molar-refractivity contribution in [3.63, 3.8) is 0 Å². The lowest BCUT2D eigenvalue weighted by atomic mass is 10.1. The molecule has 0 saturated carbocycles. The molecule has 0 unspecified atom stereocenters. The van der Waals surface area contributed by atoms with Gasteiger partial charge in [0.1, 0.15) is 0 Å². The number of nitrogens with one attached hydrogen (secondary N) is 1. The van der Waals surface area contributed by atoms with Gasteiger partial charge in [0.2, 0.25) is 0 Å². The largest absolute Gasteiger partial charge is 0.373 e. The topological polar surface area (TPSA) is 62.3 Å². The van der Waals surface area contributed by atoms with E-state index in [1.807, 2.05) is 13.1 Å². The van der Waals surface area contributed by atoms with Crippen molar-refractivity contribution in [2.75, 3.05) is 23.8 Å². The number of hydrogen-bond acceptors (Lipinski definition) is 4. The highest BCUT2D eigenvalue weighted by atomic mass is 16.1. The molecular formula is C19H23N3O2. The van der Waals surface area contributed by atoms with E-state index in [0.717, 1.165) is 25.1 Å². The lowest BCUT2D eigenvalue weighted by molar-refractivity contribution is 0.101. The highest BCUT2D eigenvalue weighted by molar-refractivity contribution is 6.04. The zero-order chi connectivity index (χ0) is 17.5. The number of carbonyl (C=O) groups is 2. The van der Waals surface area contributed by atoms with Crippen LogP contribution >= 0.6 is 0 Å². The fourth-order valence-electron chi connectivity index (χ4n) is 2.28. The number of anilines is 2. The molecule has 0 spiro atoms. The number of carbonyl (C=O) groups excluding carboxylic acids is 2. The summed E-state index contributed by atoms with van der Waals surface area (Å²) >= 11 is 0. The number of ketones is 1. The molecule has 2 rings (SSSR count). The van der Waals surface area contributed by atoms with Gasteiger partial charge in [0.15, 0.2) is 5.78 Å². The molecule has 0 aliphatic rings. The van der Waals surface area contributed by atoms with Crippen molar-refractivity contribution in [3.05, 3.63) is 53.9 Å². The average molecular weight is 325 g/mol. The summed E-state index contributed by atoms with van der Waals surface area (Å²) in [4.78, 5) is 29.9. The predicted octanol–water partition coefficient (Wildman–Crippen LogP) is 3.77. The molecule has 1 heterocycles. The molecule has 0 bridgehead atoms. The molecule has 24 heavy (non-hydrogen) atoms. The van der Waals surface area contributed by atoms with Gasteiger partial charge < -0.3 is 10.2 Å². The summed E-state index contributed by atoms with van der Waals surface area (Å²) in [6, 6.07) is 8.68. The molecule has 0 radical (unpaired) electrons. The molecule has 0 aliphatic carbocycles. The monoisotopic (exact) mass is 325 g/mol. The van der Waals surface area contributed by atoms with E-state index >= 15 is 0 Å². The van der Waals surface area contributed by atoms with E-state index in [1.54, 1.807) is 36.7 Å². The molecule has 0 aliphatic heterocycles. The normalized spacial score (nSPS) is 10.3. The third-order valence-electron chi connectivity index (χ3n) is 3.82. The van der Waals surface area contributed by atoms with E-state index in [2.05, 4.69) is 22.1 Å². The van der Waals surface area contributed by atoms with Gasteiger partial charge in [0.25, 0.3) is 5.91 Å². The number of hydrogen-bond donors (Lipinski definition) is 1. The SMILES string of the molecule is CCCCN(C)c1cncc(C(=O)Nc2ccc(C(C)=O)cc2)c1. The van der Waals surface area contributed by atoms with Gasteiger partial charge >= 0.3 is 0 Å². The van der Waals surface area contributed by atoms with Crippen molar-refractivity contribution in [1.82, 2.24) is 4.98 Å². The van der Waals surface area contributed by atoms with Gasteiger partial charge in [0.05, 0.1) is 17.4 Å². The summed E-state index contributed by atoms with van der Waals surface area (Å²) < 4.78 is 0. The predicted molar refractivity (Wildman–Crippen MR) is 96.8 cm³/mol. The van der Waals surface area contributed by atoms with Crippen LogP contribution in [0.4, 0.5) is 11.4 Å². The molecule has 5 nitrogen and oxygen atoms in total. The zero-order valence-corrected chi connectivity index (χ0v) is 14.4. The smallest absolute Gasteiger partial charge is 0.257 e. The lowest BCUT2D eigenvalue weighted by Gasteiger charge is -2.19. The number of benzene rings is 1. The van der Waals surface area contributed by atoms with Gasteiger partial charge in [-0.05, 0) is 43.7 Å². The van der Waals surface area contributed by atoms with Gasteiger partial charge in [-0.2, -0.15) is 0 Å². The molecule has 1 amide bonds. The van der Waals surface area contributed by atoms with Crippen molar-refractivity contribution in [1.29, 1.82) is 0 Å². The number of aromatic nitrogens is 1. The van der Waals surface area contributed by atoms with E-state index in [9.17, 15) is 9.59 Å². The second-order valence-corrected chi connectivity index (χ2v) is 5.79. The van der Waals surface area contributed by atoms with Crippen LogP contribution in [0.5, 0.6) is 0 Å². The fourth-order valence-corrected chi connectivity index (χ4v) is 2.28. The Labute approximate surface area is 142 Å². The highest BCUT2D eigenvalue weighted by Gasteiger charge is 2.10. The minimum atomic E-state index is -0.219. The Kier molecular flexibility index (Phi) is 6.07. The minimum Gasteiger partial charge on any atom is -0.373 e. The van der Waals surface area contributed by atoms with Gasteiger partial charge in [-0.15, -0.1) is 0 Å². The van der Waals surface area contributed by atoms with Crippen LogP contribution < -0.4 is 10.2 Å². The van der Waals surface area contributed by atoms with Gasteiger partial charge in [-0.3, -0.25) is 14.6 Å². The van der Waals surface area contributed by atoms with Crippen molar-refractivity contribution in [3.8, 4) is 0 Å². The number of pyridine rings is 1. The Hall–Kier alpha value is -2.69. The van der Waals surface area contributed by atoms with E-state index in [-0.39, 0.29) is 11.7 Å². The van der Waals surface area contributed by atoms with E-state index in [1.165, 1.54) is 6.92 Å². The summed E-state index contributed by atoms with van der Waals surface area (Å²) in [5.41, 5.74) is 2.69. The van der Waals surface area contributed by atoms with Crippen molar-refractivity contribution in [2.45, 2.75) is 26.7 Å². The highest BCUT2D eigenvalue weighted by Crippen LogP contribution is 2.16. The fraction of sp³-hybridized carbons (Fsp3) is 0.316. The summed E-state index contributed by atoms with van der Waals surface area (Å²) in [5.74, 6) is -0.219. The van der Waals surface area contributed by atoms with Gasteiger partial charge in [-0.1, -0.05) is 13.3 Å². The molecule has 5 heteroatoms. The quantitative estimate of drug-likeness (QED) is 0.787. The van der Waals surface area contributed by atoms with Crippen LogP contribution in [-0.2, 0) is 0 Å². The maximum Gasteiger partial charge on any atom is 0.257 e. The molecular weight excluding hydrogens is 302 g/mol. The number of nitrogens with zero attached hydrogens (tertiary/aromatic N) is 2. The molecule has 1 aromatic heterocycles. The first-order chi connectivity index (χ1) is 11.5. The van der Waals surface area contributed by atoms with Crippen LogP contribution in [0.1, 0.15) is 47.4 Å². The van der Waals surface area contributed by atoms with Crippen LogP contribution in [0.25, 0.3) is 0 Å². The van der Waals surface area contributed by atoms with Gasteiger partial charge in [0, 0.05) is 31.0 Å². The number of amides is 1. The Morgan fingerprint density at radius 1 is 1.12 bits per heavy atom. The van der Waals surface area contributed by atoms with Gasteiger partial charge in [-0.25, -0.2) is 0 Å². The maximum absolute atomic E-state index is 12.4. The second kappa shape index (κ2) is 8.24. The van der Waals surface area contributed by atoms with Crippen LogP contribution in [0.2, 0.25) is 0 Å². The van der Waals surface area contributed by atoms with Crippen LogP contribution in [0.15, 0.2) is 42.7 Å². The third-order valence-corrected chi connectivity index (χ3v) is 3.82. The average Bonchev–Trinajstić information content (AvgIpc) is 2.60. The first-order valence-electron chi connectivity index (χ1n) is 8.09. The Bertz CT molecular complexity index is 711. The Morgan fingerprint density at radius 3 is 2.46 bits per heavy atom. The van der Waals surface area contributed by atoms with E-state index in [4.69, 9.17) is 0 Å². The third kappa shape index (κ3) is 4.65.